The molecule has 6 nitrogen and oxygen atoms in total. The van der Waals surface area contributed by atoms with E-state index in [2.05, 4.69) is 11.3 Å². The van der Waals surface area contributed by atoms with Gasteiger partial charge in [-0.05, 0) is 12.2 Å². The molecule has 0 saturated carbocycles. The summed E-state index contributed by atoms with van der Waals surface area (Å²) in [6.45, 7) is 3.25. The molecule has 0 aliphatic heterocycles. The minimum atomic E-state index is -1.31. The van der Waals surface area contributed by atoms with Gasteiger partial charge in [-0.25, -0.2) is 4.79 Å². The normalized spacial score (nSPS) is 14.0. The average Bonchev–Trinajstić information content (AvgIpc) is 2.26. The molecule has 0 bridgehead atoms. The second-order valence-electron chi connectivity index (χ2n) is 2.67. The van der Waals surface area contributed by atoms with Gasteiger partial charge in [0.1, 0.15) is 0 Å². The molecule has 0 aliphatic carbocycles. The van der Waals surface area contributed by atoms with Crippen molar-refractivity contribution in [1.29, 1.82) is 0 Å². The van der Waals surface area contributed by atoms with Crippen LogP contribution in [0, 0.1) is 0 Å². The first-order valence-electron chi connectivity index (χ1n) is 4.26. The molecule has 0 spiro atoms. The summed E-state index contributed by atoms with van der Waals surface area (Å²) in [6, 6.07) is 0. The Morgan fingerprint density at radius 1 is 1.31 bits per heavy atom. The van der Waals surface area contributed by atoms with Crippen LogP contribution in [0.5, 0.6) is 0 Å². The molecular formula is C10H12O6. The minimum absolute atomic E-state index is 0.0313. The molecule has 6 heteroatoms. The molecule has 0 aromatic heterocycles. The molecule has 0 aliphatic rings. The van der Waals surface area contributed by atoms with E-state index in [4.69, 9.17) is 15.3 Å². The highest BCUT2D eigenvalue weighted by Crippen LogP contribution is 2.04. The summed E-state index contributed by atoms with van der Waals surface area (Å²) in [5.74, 6) is -2.18. The first-order chi connectivity index (χ1) is 7.52. The van der Waals surface area contributed by atoms with Crippen molar-refractivity contribution in [3.05, 3.63) is 36.3 Å². The Morgan fingerprint density at radius 2 is 1.94 bits per heavy atom. The van der Waals surface area contributed by atoms with Crippen LogP contribution in [0.15, 0.2) is 36.3 Å². The molecule has 0 aromatic rings. The fourth-order valence-electron chi connectivity index (χ4n) is 0.775. The van der Waals surface area contributed by atoms with Crippen LogP contribution in [0.4, 0.5) is 0 Å². The van der Waals surface area contributed by atoms with Crippen LogP contribution in [-0.4, -0.2) is 33.9 Å². The molecule has 0 fully saturated rings. The predicted octanol–water partition coefficient (Wildman–Crippen LogP) is 1.07. The lowest BCUT2D eigenvalue weighted by atomic mass is 10.2. The smallest absolute Gasteiger partial charge is 0.345 e. The maximum Gasteiger partial charge on any atom is 0.345 e. The van der Waals surface area contributed by atoms with E-state index in [0.29, 0.717) is 0 Å². The van der Waals surface area contributed by atoms with Crippen LogP contribution in [0.3, 0.4) is 0 Å². The van der Waals surface area contributed by atoms with Gasteiger partial charge in [0, 0.05) is 6.42 Å². The molecule has 1 atom stereocenters. The van der Waals surface area contributed by atoms with E-state index < -0.39 is 23.6 Å². The summed E-state index contributed by atoms with van der Waals surface area (Å²) in [5.41, 5.74) is 0. The first-order valence-corrected chi connectivity index (χ1v) is 4.26. The summed E-state index contributed by atoms with van der Waals surface area (Å²) >= 11 is 0. The number of rotatable bonds is 7. The summed E-state index contributed by atoms with van der Waals surface area (Å²) in [6.07, 6.45) is 1.92. The monoisotopic (exact) mass is 228 g/mol. The van der Waals surface area contributed by atoms with E-state index in [1.54, 1.807) is 0 Å². The maximum absolute atomic E-state index is 10.5. The topological polar surface area (TPSA) is 104 Å². The molecule has 3 N–H and O–H groups in total. The van der Waals surface area contributed by atoms with Gasteiger partial charge in [-0.2, -0.15) is 0 Å². The van der Waals surface area contributed by atoms with Crippen molar-refractivity contribution in [1.82, 2.24) is 0 Å². The van der Waals surface area contributed by atoms with Crippen LogP contribution in [0.2, 0.25) is 0 Å². The van der Waals surface area contributed by atoms with E-state index >= 15 is 0 Å². The third-order valence-corrected chi connectivity index (χ3v) is 1.58. The lowest BCUT2D eigenvalue weighted by Crippen LogP contribution is -2.22. The van der Waals surface area contributed by atoms with Crippen LogP contribution < -0.4 is 0 Å². The van der Waals surface area contributed by atoms with Crippen molar-refractivity contribution in [3.63, 3.8) is 0 Å². The third-order valence-electron chi connectivity index (χ3n) is 1.58. The number of aliphatic carboxylic acids is 1. The maximum atomic E-state index is 10.5. The van der Waals surface area contributed by atoms with Crippen molar-refractivity contribution in [2.75, 3.05) is 0 Å². The van der Waals surface area contributed by atoms with Gasteiger partial charge < -0.3 is 20.1 Å². The largest absolute Gasteiger partial charge is 0.504 e. The zero-order chi connectivity index (χ0) is 12.6. The number of carbonyl (C=O) groups is 2. The molecule has 0 rings (SSSR count). The molecule has 0 radical (unpaired) electrons. The van der Waals surface area contributed by atoms with Crippen molar-refractivity contribution < 1.29 is 29.6 Å². The molecule has 88 valence electrons. The van der Waals surface area contributed by atoms with E-state index in [9.17, 15) is 9.59 Å². The Morgan fingerprint density at radius 3 is 2.38 bits per heavy atom. The van der Waals surface area contributed by atoms with Gasteiger partial charge in [-0.1, -0.05) is 12.7 Å². The second kappa shape index (κ2) is 7.10. The predicted molar refractivity (Wildman–Crippen MR) is 54.8 cm³/mol. The lowest BCUT2D eigenvalue weighted by molar-refractivity contribution is -0.156. The number of carbonyl (C=O) groups excluding carboxylic acids is 1. The average molecular weight is 228 g/mol. The molecular weight excluding hydrogens is 216 g/mol. The van der Waals surface area contributed by atoms with Gasteiger partial charge in [0.25, 0.3) is 6.47 Å². The van der Waals surface area contributed by atoms with Crippen LogP contribution in [-0.2, 0) is 14.3 Å². The quantitative estimate of drug-likeness (QED) is 0.342. The van der Waals surface area contributed by atoms with Gasteiger partial charge in [0.2, 0.25) is 6.10 Å². The van der Waals surface area contributed by atoms with Gasteiger partial charge in [-0.15, -0.1) is 0 Å². The number of allylic oxidation sites excluding steroid dienone is 2. The van der Waals surface area contributed by atoms with Gasteiger partial charge in [0.05, 0.1) is 0 Å². The Labute approximate surface area is 91.8 Å². The molecule has 0 aromatic carbocycles. The van der Waals surface area contributed by atoms with E-state index in [0.717, 1.165) is 12.2 Å². The lowest BCUT2D eigenvalue weighted by Gasteiger charge is -2.06. The summed E-state index contributed by atoms with van der Waals surface area (Å²) < 4.78 is 4.26. The van der Waals surface area contributed by atoms with Crippen LogP contribution in [0.1, 0.15) is 6.42 Å². The zero-order valence-electron chi connectivity index (χ0n) is 8.37. The van der Waals surface area contributed by atoms with Gasteiger partial charge in [-0.3, -0.25) is 4.79 Å². The number of hydrogen-bond donors (Lipinski definition) is 3. The molecule has 0 saturated heterocycles. The van der Waals surface area contributed by atoms with Crippen molar-refractivity contribution >= 4 is 12.4 Å². The Bertz CT molecular complexity index is 328. The van der Waals surface area contributed by atoms with Crippen molar-refractivity contribution in [2.45, 2.75) is 12.5 Å². The Balaban J connectivity index is 4.41. The third kappa shape index (κ3) is 4.85. The van der Waals surface area contributed by atoms with Crippen molar-refractivity contribution in [3.8, 4) is 0 Å². The van der Waals surface area contributed by atoms with E-state index in [1.807, 2.05) is 0 Å². The fraction of sp³-hybridized carbons (Fsp3) is 0.200. The Hall–Kier alpha value is -2.24. The highest BCUT2D eigenvalue weighted by Gasteiger charge is 2.16. The standard InChI is InChI=1S/C10H12O6/c1-2-7(12)8(13)4-3-5-9(10(14)15)16-6-11/h2-4,6,9,12-13H,1,5H2,(H,14,15)/b4-3+,8-7-. The number of aliphatic hydroxyl groups excluding tert-OH is 2. The summed E-state index contributed by atoms with van der Waals surface area (Å²) in [5, 5.41) is 26.6. The van der Waals surface area contributed by atoms with Gasteiger partial charge in [0.15, 0.2) is 11.5 Å². The van der Waals surface area contributed by atoms with Crippen LogP contribution >= 0.6 is 0 Å². The van der Waals surface area contributed by atoms with E-state index in [-0.39, 0.29) is 12.9 Å². The number of aliphatic hydroxyl groups is 2. The highest BCUT2D eigenvalue weighted by molar-refractivity contribution is 5.73. The molecule has 0 amide bonds. The molecule has 16 heavy (non-hydrogen) atoms. The van der Waals surface area contributed by atoms with Crippen molar-refractivity contribution in [2.24, 2.45) is 0 Å². The Kier molecular flexibility index (Phi) is 6.11. The number of hydrogen-bond acceptors (Lipinski definition) is 5. The number of ether oxygens (including phenoxy) is 1. The number of carboxylic acid groups (broad SMARTS) is 1. The SMILES string of the molecule is C=C/C(O)=C(O)\C=C\CC(OC=O)C(=O)O. The van der Waals surface area contributed by atoms with Gasteiger partial charge >= 0.3 is 5.97 Å². The van der Waals surface area contributed by atoms with Crippen LogP contribution in [0.25, 0.3) is 0 Å². The summed E-state index contributed by atoms with van der Waals surface area (Å²) in [7, 11) is 0. The molecule has 0 heterocycles. The summed E-state index contributed by atoms with van der Waals surface area (Å²) in [4.78, 5) is 20.4. The second-order valence-corrected chi connectivity index (χ2v) is 2.67. The highest BCUT2D eigenvalue weighted by atomic mass is 16.5. The molecule has 1 unspecified atom stereocenters. The first kappa shape index (κ1) is 13.8. The number of carboxylic acids is 1. The fourth-order valence-corrected chi connectivity index (χ4v) is 0.775. The minimum Gasteiger partial charge on any atom is -0.504 e. The van der Waals surface area contributed by atoms with E-state index in [1.165, 1.54) is 6.08 Å². The zero-order valence-corrected chi connectivity index (χ0v) is 8.37.